The minimum atomic E-state index is -0.358. The molecule has 2 heteroatoms. The molecule has 0 bridgehead atoms. The van der Waals surface area contributed by atoms with Crippen molar-refractivity contribution >= 4 is 5.69 Å². The largest absolute Gasteiger partial charge is 0.389 e. The molecule has 1 unspecified atom stereocenters. The van der Waals surface area contributed by atoms with Crippen LogP contribution in [0.1, 0.15) is 37.0 Å². The number of aliphatic hydroxyl groups excluding tert-OH is 1. The summed E-state index contributed by atoms with van der Waals surface area (Å²) in [4.78, 5) is 0. The fourth-order valence-corrected chi connectivity index (χ4v) is 1.92. The molecule has 0 fully saturated rings. The molecule has 0 saturated heterocycles. The third-order valence-electron chi connectivity index (χ3n) is 2.80. The predicted molar refractivity (Wildman–Crippen MR) is 58.5 cm³/mol. The molecule has 0 spiro atoms. The summed E-state index contributed by atoms with van der Waals surface area (Å²) in [6, 6.07) is 6.21. The van der Waals surface area contributed by atoms with E-state index < -0.39 is 0 Å². The number of rotatable bonds is 1. The van der Waals surface area contributed by atoms with Crippen LogP contribution >= 0.6 is 0 Å². The third-order valence-corrected chi connectivity index (χ3v) is 2.80. The van der Waals surface area contributed by atoms with Gasteiger partial charge < -0.3 is 10.4 Å². The summed E-state index contributed by atoms with van der Waals surface area (Å²) in [5, 5.41) is 12.9. The van der Waals surface area contributed by atoms with Gasteiger partial charge >= 0.3 is 0 Å². The quantitative estimate of drug-likeness (QED) is 0.714. The lowest BCUT2D eigenvalue weighted by atomic mass is 10.0. The van der Waals surface area contributed by atoms with Gasteiger partial charge in [-0.25, -0.2) is 0 Å². The molecule has 1 aromatic rings. The SMILES string of the molecule is CC(O)c1ccc2c(c1)CCCCN2. The summed E-state index contributed by atoms with van der Waals surface area (Å²) >= 11 is 0. The Morgan fingerprint density at radius 1 is 1.36 bits per heavy atom. The van der Waals surface area contributed by atoms with E-state index in [1.54, 1.807) is 0 Å². The van der Waals surface area contributed by atoms with Crippen molar-refractivity contribution in [3.8, 4) is 0 Å². The molecule has 0 radical (unpaired) electrons. The van der Waals surface area contributed by atoms with Crippen LogP contribution in [-0.2, 0) is 6.42 Å². The maximum Gasteiger partial charge on any atom is 0.0762 e. The Hall–Kier alpha value is -1.02. The zero-order valence-corrected chi connectivity index (χ0v) is 8.59. The van der Waals surface area contributed by atoms with Gasteiger partial charge in [0.15, 0.2) is 0 Å². The summed E-state index contributed by atoms with van der Waals surface area (Å²) in [5.74, 6) is 0. The minimum Gasteiger partial charge on any atom is -0.389 e. The lowest BCUT2D eigenvalue weighted by Gasteiger charge is -2.11. The van der Waals surface area contributed by atoms with E-state index in [1.165, 1.54) is 24.1 Å². The lowest BCUT2D eigenvalue weighted by molar-refractivity contribution is 0.199. The summed E-state index contributed by atoms with van der Waals surface area (Å²) in [7, 11) is 0. The van der Waals surface area contributed by atoms with Crippen molar-refractivity contribution in [2.45, 2.75) is 32.3 Å². The van der Waals surface area contributed by atoms with Crippen LogP contribution < -0.4 is 5.32 Å². The molecule has 2 nitrogen and oxygen atoms in total. The van der Waals surface area contributed by atoms with Crippen molar-refractivity contribution in [1.82, 2.24) is 0 Å². The van der Waals surface area contributed by atoms with E-state index in [0.717, 1.165) is 18.5 Å². The second-order valence-corrected chi connectivity index (χ2v) is 3.98. The van der Waals surface area contributed by atoms with Gasteiger partial charge in [0, 0.05) is 12.2 Å². The maximum atomic E-state index is 9.48. The predicted octanol–water partition coefficient (Wildman–Crippen LogP) is 2.49. The molecule has 0 aliphatic carbocycles. The summed E-state index contributed by atoms with van der Waals surface area (Å²) in [5.41, 5.74) is 3.61. The molecule has 14 heavy (non-hydrogen) atoms. The van der Waals surface area contributed by atoms with Gasteiger partial charge in [0.25, 0.3) is 0 Å². The molecule has 1 heterocycles. The lowest BCUT2D eigenvalue weighted by Crippen LogP contribution is -2.00. The molecular formula is C12H17NO. The molecule has 76 valence electrons. The smallest absolute Gasteiger partial charge is 0.0762 e. The highest BCUT2D eigenvalue weighted by Gasteiger charge is 2.09. The van der Waals surface area contributed by atoms with E-state index in [4.69, 9.17) is 0 Å². The highest BCUT2D eigenvalue weighted by molar-refractivity contribution is 5.53. The summed E-state index contributed by atoms with van der Waals surface area (Å²) in [6.45, 7) is 2.88. The Morgan fingerprint density at radius 2 is 2.21 bits per heavy atom. The topological polar surface area (TPSA) is 32.3 Å². The van der Waals surface area contributed by atoms with E-state index in [0.29, 0.717) is 0 Å². The molecule has 1 aliphatic heterocycles. The van der Waals surface area contributed by atoms with Crippen LogP contribution in [-0.4, -0.2) is 11.7 Å². The van der Waals surface area contributed by atoms with E-state index >= 15 is 0 Å². The minimum absolute atomic E-state index is 0.358. The summed E-state index contributed by atoms with van der Waals surface area (Å²) < 4.78 is 0. The van der Waals surface area contributed by atoms with Crippen LogP contribution in [0, 0.1) is 0 Å². The number of benzene rings is 1. The van der Waals surface area contributed by atoms with Crippen molar-refractivity contribution in [3.05, 3.63) is 29.3 Å². The second kappa shape index (κ2) is 4.01. The number of nitrogens with one attached hydrogen (secondary N) is 1. The van der Waals surface area contributed by atoms with E-state index in [-0.39, 0.29) is 6.10 Å². The molecule has 1 aliphatic rings. The van der Waals surface area contributed by atoms with Gasteiger partial charge in [0.1, 0.15) is 0 Å². The third kappa shape index (κ3) is 1.90. The summed E-state index contributed by atoms with van der Waals surface area (Å²) in [6.07, 6.45) is 3.24. The number of aliphatic hydroxyl groups is 1. The maximum absolute atomic E-state index is 9.48. The second-order valence-electron chi connectivity index (χ2n) is 3.98. The average Bonchev–Trinajstić information content (AvgIpc) is 2.41. The van der Waals surface area contributed by atoms with E-state index in [1.807, 2.05) is 13.0 Å². The standard InChI is InChI=1S/C12H17NO/c1-9(14)10-5-6-12-11(8-10)4-2-3-7-13-12/h5-6,8-9,13-14H,2-4,7H2,1H3. The average molecular weight is 191 g/mol. The van der Waals surface area contributed by atoms with E-state index in [2.05, 4.69) is 17.4 Å². The Morgan fingerprint density at radius 3 is 3.00 bits per heavy atom. The van der Waals surface area contributed by atoms with Crippen LogP contribution in [0.2, 0.25) is 0 Å². The van der Waals surface area contributed by atoms with Crippen molar-refractivity contribution in [2.24, 2.45) is 0 Å². The van der Waals surface area contributed by atoms with Gasteiger partial charge in [-0.15, -0.1) is 0 Å². The Labute approximate surface area is 85.0 Å². The number of aryl methyl sites for hydroxylation is 1. The van der Waals surface area contributed by atoms with Crippen LogP contribution in [0.3, 0.4) is 0 Å². The first-order valence-corrected chi connectivity index (χ1v) is 5.32. The number of anilines is 1. The zero-order valence-electron chi connectivity index (χ0n) is 8.59. The molecule has 0 aromatic heterocycles. The fourth-order valence-electron chi connectivity index (χ4n) is 1.92. The van der Waals surface area contributed by atoms with Gasteiger partial charge in [0.2, 0.25) is 0 Å². The normalized spacial score (nSPS) is 17.9. The van der Waals surface area contributed by atoms with Crippen LogP contribution in [0.25, 0.3) is 0 Å². The van der Waals surface area contributed by atoms with Crippen molar-refractivity contribution in [1.29, 1.82) is 0 Å². The highest BCUT2D eigenvalue weighted by atomic mass is 16.3. The van der Waals surface area contributed by atoms with Crippen molar-refractivity contribution in [2.75, 3.05) is 11.9 Å². The highest BCUT2D eigenvalue weighted by Crippen LogP contribution is 2.25. The van der Waals surface area contributed by atoms with Crippen LogP contribution in [0.15, 0.2) is 18.2 Å². The van der Waals surface area contributed by atoms with Crippen molar-refractivity contribution < 1.29 is 5.11 Å². The Bertz CT molecular complexity index is 320. The first kappa shape index (κ1) is 9.53. The van der Waals surface area contributed by atoms with E-state index in [9.17, 15) is 5.11 Å². The molecule has 0 saturated carbocycles. The first-order chi connectivity index (χ1) is 6.77. The Kier molecular flexibility index (Phi) is 2.73. The van der Waals surface area contributed by atoms with Crippen LogP contribution in [0.5, 0.6) is 0 Å². The van der Waals surface area contributed by atoms with Gasteiger partial charge in [-0.05, 0) is 43.4 Å². The van der Waals surface area contributed by atoms with Gasteiger partial charge in [-0.1, -0.05) is 12.1 Å². The Balaban J connectivity index is 2.32. The zero-order chi connectivity index (χ0) is 9.97. The number of hydrogen-bond donors (Lipinski definition) is 2. The van der Waals surface area contributed by atoms with Gasteiger partial charge in [-0.2, -0.15) is 0 Å². The fraction of sp³-hybridized carbons (Fsp3) is 0.500. The molecule has 1 atom stereocenters. The molecule has 2 N–H and O–H groups in total. The molecule has 0 amide bonds. The van der Waals surface area contributed by atoms with Crippen LogP contribution in [0.4, 0.5) is 5.69 Å². The first-order valence-electron chi connectivity index (χ1n) is 5.32. The number of hydrogen-bond acceptors (Lipinski definition) is 2. The molecular weight excluding hydrogens is 174 g/mol. The van der Waals surface area contributed by atoms with Gasteiger partial charge in [0.05, 0.1) is 6.10 Å². The monoisotopic (exact) mass is 191 g/mol. The van der Waals surface area contributed by atoms with Gasteiger partial charge in [-0.3, -0.25) is 0 Å². The van der Waals surface area contributed by atoms with Crippen molar-refractivity contribution in [3.63, 3.8) is 0 Å². The number of fused-ring (bicyclic) bond motifs is 1. The molecule has 1 aromatic carbocycles. The molecule has 2 rings (SSSR count).